The second-order valence-electron chi connectivity index (χ2n) is 6.92. The summed E-state index contributed by atoms with van der Waals surface area (Å²) in [7, 11) is -3.73. The molecule has 0 aliphatic carbocycles. The predicted octanol–water partition coefficient (Wildman–Crippen LogP) is 2.60. The van der Waals surface area contributed by atoms with E-state index in [1.165, 1.54) is 25.3 Å². The molecule has 3 rings (SSSR count). The molecule has 1 unspecified atom stereocenters. The Hall–Kier alpha value is -2.80. The van der Waals surface area contributed by atoms with Gasteiger partial charge < -0.3 is 0 Å². The Morgan fingerprint density at radius 2 is 1.85 bits per heavy atom. The largest absolute Gasteiger partial charge is 0.274 e. The number of rotatable bonds is 4. The topological polar surface area (TPSA) is 84.4 Å². The van der Waals surface area contributed by atoms with Crippen LogP contribution in [0.15, 0.2) is 59.8 Å². The number of sulfone groups is 1. The average molecular weight is 384 g/mol. The van der Waals surface area contributed by atoms with Crippen LogP contribution in [-0.2, 0) is 19.4 Å². The fourth-order valence-electron chi connectivity index (χ4n) is 3.16. The van der Waals surface area contributed by atoms with Gasteiger partial charge in [-0.25, -0.2) is 13.3 Å². The van der Waals surface area contributed by atoms with Crippen molar-refractivity contribution in [2.45, 2.75) is 25.7 Å². The van der Waals surface area contributed by atoms with Crippen LogP contribution in [-0.4, -0.2) is 35.9 Å². The lowest BCUT2D eigenvalue weighted by atomic mass is 9.93. The van der Waals surface area contributed by atoms with E-state index in [1.54, 1.807) is 43.5 Å². The first-order chi connectivity index (χ1) is 12.6. The highest BCUT2D eigenvalue weighted by Gasteiger charge is 2.47. The average Bonchev–Trinajstić information content (AvgIpc) is 2.87. The van der Waals surface area contributed by atoms with Crippen LogP contribution >= 0.6 is 0 Å². The number of nitrogens with zero attached hydrogens (tertiary/aromatic N) is 2. The first-order valence-electron chi connectivity index (χ1n) is 8.42. The number of imide groups is 1. The minimum Gasteiger partial charge on any atom is -0.274 e. The summed E-state index contributed by atoms with van der Waals surface area (Å²) in [5.74, 6) is -1.44. The van der Waals surface area contributed by atoms with Crippen LogP contribution in [0.4, 0.5) is 0 Å². The van der Waals surface area contributed by atoms with Crippen molar-refractivity contribution < 1.29 is 18.0 Å². The predicted molar refractivity (Wildman–Crippen MR) is 101 cm³/mol. The van der Waals surface area contributed by atoms with Gasteiger partial charge in [-0.3, -0.25) is 14.6 Å². The van der Waals surface area contributed by atoms with Crippen LogP contribution in [0, 0.1) is 12.3 Å². The molecule has 2 heterocycles. The number of carbonyl (C=O) groups is 2. The molecule has 1 atom stereocenters. The van der Waals surface area contributed by atoms with Gasteiger partial charge in [0, 0.05) is 24.9 Å². The third-order valence-corrected chi connectivity index (χ3v) is 6.50. The van der Waals surface area contributed by atoms with E-state index in [9.17, 15) is 18.0 Å². The third-order valence-electron chi connectivity index (χ3n) is 4.53. The van der Waals surface area contributed by atoms with E-state index in [1.807, 2.05) is 6.92 Å². The quantitative estimate of drug-likeness (QED) is 0.809. The van der Waals surface area contributed by atoms with Crippen molar-refractivity contribution in [2.75, 3.05) is 5.75 Å². The summed E-state index contributed by atoms with van der Waals surface area (Å²) in [6.07, 6.45) is 4.68. The van der Waals surface area contributed by atoms with E-state index in [0.717, 1.165) is 10.5 Å². The van der Waals surface area contributed by atoms with Crippen molar-refractivity contribution in [3.63, 3.8) is 0 Å². The zero-order chi connectivity index (χ0) is 19.8. The zero-order valence-electron chi connectivity index (χ0n) is 15.3. The lowest BCUT2D eigenvalue weighted by molar-refractivity contribution is -0.142. The molecule has 2 amide bonds. The summed E-state index contributed by atoms with van der Waals surface area (Å²) in [4.78, 5) is 30.3. The molecule has 1 aromatic heterocycles. The van der Waals surface area contributed by atoms with E-state index < -0.39 is 32.8 Å². The number of carbonyl (C=O) groups excluding carboxylic acids is 2. The molecule has 140 valence electrons. The van der Waals surface area contributed by atoms with E-state index >= 15 is 0 Å². The lowest BCUT2D eigenvalue weighted by Gasteiger charge is -2.23. The van der Waals surface area contributed by atoms with Crippen molar-refractivity contribution in [2.24, 2.45) is 5.41 Å². The second-order valence-corrected chi connectivity index (χ2v) is 8.91. The Bertz CT molecular complexity index is 1030. The standard InChI is InChI=1S/C20H20N2O4S/c1-14-6-8-17(9-7-14)27(25,26)13-20(3)11-18(16-5-4-10-21-12-16)22(15(2)23)19(20)24/h4-12H,13H2,1-3H3. The number of aryl methyl sites for hydroxylation is 1. The maximum absolute atomic E-state index is 13.0. The molecule has 0 N–H and O–H groups in total. The molecule has 0 bridgehead atoms. The number of aromatic nitrogens is 1. The van der Waals surface area contributed by atoms with Crippen LogP contribution in [0.25, 0.3) is 5.70 Å². The highest BCUT2D eigenvalue weighted by atomic mass is 32.2. The number of amides is 2. The van der Waals surface area contributed by atoms with Gasteiger partial charge in [0.25, 0.3) is 0 Å². The Morgan fingerprint density at radius 1 is 1.19 bits per heavy atom. The van der Waals surface area contributed by atoms with Gasteiger partial charge in [0.15, 0.2) is 9.84 Å². The monoisotopic (exact) mass is 384 g/mol. The van der Waals surface area contributed by atoms with Gasteiger partial charge in [-0.05, 0) is 44.2 Å². The molecular weight excluding hydrogens is 364 g/mol. The van der Waals surface area contributed by atoms with Crippen LogP contribution in [0.1, 0.15) is 25.0 Å². The Balaban J connectivity index is 2.03. The highest BCUT2D eigenvalue weighted by molar-refractivity contribution is 7.91. The van der Waals surface area contributed by atoms with Crippen LogP contribution in [0.3, 0.4) is 0 Å². The number of hydrogen-bond acceptors (Lipinski definition) is 5. The van der Waals surface area contributed by atoms with Gasteiger partial charge >= 0.3 is 0 Å². The summed E-state index contributed by atoms with van der Waals surface area (Å²) >= 11 is 0. The smallest absolute Gasteiger partial charge is 0.244 e. The van der Waals surface area contributed by atoms with Crippen molar-refractivity contribution in [3.05, 3.63) is 66.0 Å². The minimum absolute atomic E-state index is 0.153. The molecule has 0 saturated heterocycles. The maximum atomic E-state index is 13.0. The van der Waals surface area contributed by atoms with Gasteiger partial charge in [-0.2, -0.15) is 0 Å². The summed E-state index contributed by atoms with van der Waals surface area (Å²) in [6, 6.07) is 9.90. The van der Waals surface area contributed by atoms with Crippen molar-refractivity contribution in [1.29, 1.82) is 0 Å². The fourth-order valence-corrected chi connectivity index (χ4v) is 4.87. The molecular formula is C20H20N2O4S. The Kier molecular flexibility index (Phi) is 4.73. The van der Waals surface area contributed by atoms with Gasteiger partial charge in [0.1, 0.15) is 0 Å². The first kappa shape index (κ1) is 19.0. The molecule has 0 fully saturated rings. The van der Waals surface area contributed by atoms with Crippen LogP contribution < -0.4 is 0 Å². The minimum atomic E-state index is -3.73. The lowest BCUT2D eigenvalue weighted by Crippen LogP contribution is -2.40. The molecule has 0 saturated carbocycles. The van der Waals surface area contributed by atoms with Crippen LogP contribution in [0.2, 0.25) is 0 Å². The fraction of sp³-hybridized carbons (Fsp3) is 0.250. The highest BCUT2D eigenvalue weighted by Crippen LogP contribution is 2.39. The molecule has 27 heavy (non-hydrogen) atoms. The van der Waals surface area contributed by atoms with Crippen molar-refractivity contribution in [3.8, 4) is 0 Å². The van der Waals surface area contributed by atoms with E-state index in [-0.39, 0.29) is 4.90 Å². The van der Waals surface area contributed by atoms with E-state index in [0.29, 0.717) is 11.3 Å². The van der Waals surface area contributed by atoms with Crippen molar-refractivity contribution in [1.82, 2.24) is 9.88 Å². The molecule has 1 aromatic carbocycles. The zero-order valence-corrected chi connectivity index (χ0v) is 16.2. The Morgan fingerprint density at radius 3 is 2.41 bits per heavy atom. The summed E-state index contributed by atoms with van der Waals surface area (Å²) in [5.41, 5.74) is 0.541. The molecule has 7 heteroatoms. The van der Waals surface area contributed by atoms with Crippen molar-refractivity contribution >= 4 is 27.3 Å². The molecule has 0 spiro atoms. The number of pyridine rings is 1. The van der Waals surface area contributed by atoms with Crippen LogP contribution in [0.5, 0.6) is 0 Å². The van der Waals surface area contributed by atoms with Gasteiger partial charge in [0.2, 0.25) is 11.8 Å². The summed E-state index contributed by atoms with van der Waals surface area (Å²) in [5, 5.41) is 0. The van der Waals surface area contributed by atoms with E-state index in [4.69, 9.17) is 0 Å². The SMILES string of the molecule is CC(=O)N1C(=O)C(C)(CS(=O)(=O)c2ccc(C)cc2)C=C1c1cccnc1. The molecule has 1 aliphatic rings. The number of hydrogen-bond donors (Lipinski definition) is 0. The van der Waals surface area contributed by atoms with E-state index in [2.05, 4.69) is 4.98 Å². The van der Waals surface area contributed by atoms with Gasteiger partial charge in [-0.1, -0.05) is 17.7 Å². The Labute approximate surface area is 158 Å². The summed E-state index contributed by atoms with van der Waals surface area (Å²) in [6.45, 7) is 4.69. The molecule has 0 radical (unpaired) electrons. The van der Waals surface area contributed by atoms with Gasteiger partial charge in [0.05, 0.1) is 21.8 Å². The molecule has 1 aliphatic heterocycles. The normalized spacial score (nSPS) is 19.9. The maximum Gasteiger partial charge on any atom is 0.244 e. The molecule has 6 nitrogen and oxygen atoms in total. The summed E-state index contributed by atoms with van der Waals surface area (Å²) < 4.78 is 25.7. The second kappa shape index (κ2) is 6.74. The number of benzene rings is 1. The first-order valence-corrected chi connectivity index (χ1v) is 10.1. The molecule has 2 aromatic rings. The third kappa shape index (κ3) is 3.55. The van der Waals surface area contributed by atoms with Gasteiger partial charge in [-0.15, -0.1) is 0 Å².